The highest BCUT2D eigenvalue weighted by atomic mass is 35.5. The number of anilines is 1. The fourth-order valence-corrected chi connectivity index (χ4v) is 2.46. The van der Waals surface area contributed by atoms with E-state index in [0.717, 1.165) is 17.8 Å². The van der Waals surface area contributed by atoms with Gasteiger partial charge in [-0.1, -0.05) is 41.5 Å². The predicted octanol–water partition coefficient (Wildman–Crippen LogP) is 3.38. The second-order valence-corrected chi connectivity index (χ2v) is 5.40. The zero-order valence-corrected chi connectivity index (χ0v) is 11.8. The van der Waals surface area contributed by atoms with Crippen LogP contribution >= 0.6 is 34.5 Å². The largest absolute Gasteiger partial charge is 0.340 e. The average molecular weight is 305 g/mol. The monoisotopic (exact) mass is 304 g/mol. The van der Waals surface area contributed by atoms with Crippen molar-refractivity contribution in [1.29, 1.82) is 0 Å². The van der Waals surface area contributed by atoms with Crippen LogP contribution in [-0.2, 0) is 6.42 Å². The molecule has 5 nitrogen and oxygen atoms in total. The Morgan fingerprint density at radius 1 is 1.50 bits per heavy atom. The number of aromatic amines is 1. The third kappa shape index (κ3) is 3.01. The van der Waals surface area contributed by atoms with E-state index in [1.54, 1.807) is 0 Å². The summed E-state index contributed by atoms with van der Waals surface area (Å²) >= 11 is 12.8. The van der Waals surface area contributed by atoms with Gasteiger partial charge in [-0.25, -0.2) is 0 Å². The van der Waals surface area contributed by atoms with Crippen LogP contribution in [0.3, 0.4) is 0 Å². The van der Waals surface area contributed by atoms with E-state index in [2.05, 4.69) is 27.4 Å². The Morgan fingerprint density at radius 3 is 2.89 bits per heavy atom. The smallest absolute Gasteiger partial charge is 0.273 e. The van der Waals surface area contributed by atoms with Crippen LogP contribution in [0.2, 0.25) is 10.2 Å². The third-order valence-electron chi connectivity index (χ3n) is 2.12. The number of hydrogen-bond donors (Lipinski definition) is 2. The van der Waals surface area contributed by atoms with E-state index in [4.69, 9.17) is 23.2 Å². The lowest BCUT2D eigenvalue weighted by Gasteiger charge is -1.96. The van der Waals surface area contributed by atoms with E-state index >= 15 is 0 Å². The van der Waals surface area contributed by atoms with Gasteiger partial charge in [0.2, 0.25) is 5.13 Å². The minimum atomic E-state index is -0.344. The molecule has 0 fully saturated rings. The molecule has 0 aliphatic carbocycles. The quantitative estimate of drug-likeness (QED) is 0.909. The van der Waals surface area contributed by atoms with Crippen molar-refractivity contribution in [2.75, 3.05) is 5.32 Å². The summed E-state index contributed by atoms with van der Waals surface area (Å²) in [6.45, 7) is 2.06. The van der Waals surface area contributed by atoms with Gasteiger partial charge in [0.15, 0.2) is 0 Å². The Hall–Kier alpha value is -1.11. The molecule has 0 saturated carbocycles. The summed E-state index contributed by atoms with van der Waals surface area (Å²) in [5, 5.41) is 12.4. The van der Waals surface area contributed by atoms with Gasteiger partial charge in [0, 0.05) is 6.42 Å². The summed E-state index contributed by atoms with van der Waals surface area (Å²) in [6.07, 6.45) is 1.85. The molecule has 0 aromatic carbocycles. The van der Waals surface area contributed by atoms with Crippen LogP contribution < -0.4 is 5.32 Å². The van der Waals surface area contributed by atoms with Crippen LogP contribution in [0.4, 0.5) is 5.13 Å². The molecule has 2 aromatic heterocycles. The van der Waals surface area contributed by atoms with E-state index in [0.29, 0.717) is 10.2 Å². The van der Waals surface area contributed by atoms with E-state index < -0.39 is 0 Å². The molecule has 8 heteroatoms. The molecule has 2 aromatic rings. The average Bonchev–Trinajstić information content (AvgIpc) is 2.88. The summed E-state index contributed by atoms with van der Waals surface area (Å²) in [6, 6.07) is 1.47. The fraction of sp³-hybridized carbons (Fsp3) is 0.300. The van der Waals surface area contributed by atoms with Crippen molar-refractivity contribution < 1.29 is 4.79 Å². The van der Waals surface area contributed by atoms with Gasteiger partial charge in [-0.05, 0) is 12.5 Å². The van der Waals surface area contributed by atoms with E-state index in [1.165, 1.54) is 17.4 Å². The highest BCUT2D eigenvalue weighted by Crippen LogP contribution is 2.23. The Bertz CT molecular complexity index is 546. The van der Waals surface area contributed by atoms with Crippen molar-refractivity contribution in [1.82, 2.24) is 15.2 Å². The Balaban J connectivity index is 2.06. The molecule has 2 rings (SSSR count). The van der Waals surface area contributed by atoms with E-state index in [9.17, 15) is 4.79 Å². The summed E-state index contributed by atoms with van der Waals surface area (Å²) in [5.41, 5.74) is 0.289. The number of aromatic nitrogens is 3. The summed E-state index contributed by atoms with van der Waals surface area (Å²) in [5.74, 6) is -0.344. The first-order valence-corrected chi connectivity index (χ1v) is 6.85. The maximum atomic E-state index is 11.8. The molecule has 0 saturated heterocycles. The second kappa shape index (κ2) is 5.69. The Labute approximate surface area is 118 Å². The number of rotatable bonds is 4. The molecule has 0 bridgehead atoms. The van der Waals surface area contributed by atoms with Crippen LogP contribution in [0.5, 0.6) is 0 Å². The summed E-state index contributed by atoms with van der Waals surface area (Å²) in [4.78, 5) is 14.5. The number of hydrogen-bond acceptors (Lipinski definition) is 4. The van der Waals surface area contributed by atoms with Crippen LogP contribution in [0.25, 0.3) is 0 Å². The molecule has 2 heterocycles. The lowest BCUT2D eigenvalue weighted by molar-refractivity contribution is 0.102. The van der Waals surface area contributed by atoms with E-state index in [1.807, 2.05) is 0 Å². The first-order chi connectivity index (χ1) is 8.60. The molecule has 2 N–H and O–H groups in total. The molecular weight excluding hydrogens is 295 g/mol. The first kappa shape index (κ1) is 13.3. The summed E-state index contributed by atoms with van der Waals surface area (Å²) in [7, 11) is 0. The van der Waals surface area contributed by atoms with Crippen molar-refractivity contribution in [3.8, 4) is 0 Å². The molecular formula is C10H10Cl2N4OS. The van der Waals surface area contributed by atoms with Gasteiger partial charge in [-0.15, -0.1) is 10.2 Å². The van der Waals surface area contributed by atoms with Crippen LogP contribution in [-0.4, -0.2) is 21.1 Å². The van der Waals surface area contributed by atoms with Crippen molar-refractivity contribution in [2.45, 2.75) is 19.8 Å². The van der Waals surface area contributed by atoms with Crippen molar-refractivity contribution >= 4 is 45.6 Å². The predicted molar refractivity (Wildman–Crippen MR) is 72.7 cm³/mol. The lowest BCUT2D eigenvalue weighted by Crippen LogP contribution is -2.11. The SMILES string of the molecule is CCCc1nnc(NC(=O)c2cc(Cl)c(Cl)[nH]2)s1. The van der Waals surface area contributed by atoms with E-state index in [-0.39, 0.29) is 16.8 Å². The molecule has 1 amide bonds. The topological polar surface area (TPSA) is 70.7 Å². The van der Waals surface area contributed by atoms with Crippen LogP contribution in [0.1, 0.15) is 28.8 Å². The molecule has 0 spiro atoms. The Kier molecular flexibility index (Phi) is 4.21. The second-order valence-electron chi connectivity index (χ2n) is 3.55. The zero-order valence-electron chi connectivity index (χ0n) is 9.46. The number of nitrogens with zero attached hydrogens (tertiary/aromatic N) is 2. The molecule has 0 aliphatic rings. The normalized spacial score (nSPS) is 10.6. The molecule has 0 aliphatic heterocycles. The number of halogens is 2. The number of amides is 1. The van der Waals surface area contributed by atoms with Crippen molar-refractivity contribution in [3.05, 3.63) is 26.9 Å². The van der Waals surface area contributed by atoms with Gasteiger partial charge in [0.05, 0.1) is 5.02 Å². The van der Waals surface area contributed by atoms with Crippen molar-refractivity contribution in [3.63, 3.8) is 0 Å². The van der Waals surface area contributed by atoms with Gasteiger partial charge >= 0.3 is 0 Å². The maximum Gasteiger partial charge on any atom is 0.273 e. The van der Waals surface area contributed by atoms with Gasteiger partial charge in [0.1, 0.15) is 15.9 Å². The van der Waals surface area contributed by atoms with Crippen LogP contribution in [0, 0.1) is 0 Å². The molecule has 18 heavy (non-hydrogen) atoms. The van der Waals surface area contributed by atoms with Gasteiger partial charge in [-0.2, -0.15) is 0 Å². The standard InChI is InChI=1S/C10H10Cl2N4OS/c1-2-3-7-15-16-10(18-7)14-9(17)6-4-5(11)8(12)13-6/h4,13H,2-3H2,1H3,(H,14,16,17). The lowest BCUT2D eigenvalue weighted by atomic mass is 10.4. The van der Waals surface area contributed by atoms with Crippen molar-refractivity contribution in [2.24, 2.45) is 0 Å². The van der Waals surface area contributed by atoms with Crippen LogP contribution in [0.15, 0.2) is 6.07 Å². The highest BCUT2D eigenvalue weighted by molar-refractivity contribution is 7.15. The van der Waals surface area contributed by atoms with Gasteiger partial charge < -0.3 is 4.98 Å². The number of H-pyrrole nitrogens is 1. The first-order valence-electron chi connectivity index (χ1n) is 5.28. The van der Waals surface area contributed by atoms with Gasteiger partial charge in [0.25, 0.3) is 5.91 Å². The molecule has 0 atom stereocenters. The minimum Gasteiger partial charge on any atom is -0.340 e. The fourth-order valence-electron chi connectivity index (χ4n) is 1.31. The Morgan fingerprint density at radius 2 is 2.28 bits per heavy atom. The zero-order chi connectivity index (χ0) is 13.1. The summed E-state index contributed by atoms with van der Waals surface area (Å²) < 4.78 is 0. The number of aryl methyl sites for hydroxylation is 1. The van der Waals surface area contributed by atoms with Gasteiger partial charge in [-0.3, -0.25) is 10.1 Å². The highest BCUT2D eigenvalue weighted by Gasteiger charge is 2.13. The molecule has 96 valence electrons. The number of nitrogens with one attached hydrogen (secondary N) is 2. The molecule has 0 unspecified atom stereocenters. The maximum absolute atomic E-state index is 11.8. The third-order valence-corrected chi connectivity index (χ3v) is 3.71. The number of carbonyl (C=O) groups excluding carboxylic acids is 1. The molecule has 0 radical (unpaired) electrons. The minimum absolute atomic E-state index is 0.241. The number of carbonyl (C=O) groups is 1.